The Labute approximate surface area is 196 Å². The van der Waals surface area contributed by atoms with Gasteiger partial charge in [-0.1, -0.05) is 17.7 Å². The van der Waals surface area contributed by atoms with Gasteiger partial charge in [0, 0.05) is 42.2 Å². The number of nitrogens with zero attached hydrogens (tertiary/aromatic N) is 1. The van der Waals surface area contributed by atoms with Gasteiger partial charge in [0.15, 0.2) is 0 Å². The number of hydrogen-bond donors (Lipinski definition) is 1. The lowest BCUT2D eigenvalue weighted by molar-refractivity contribution is -0.148. The Morgan fingerprint density at radius 2 is 1.88 bits per heavy atom. The number of aryl methyl sites for hydroxylation is 1. The molecule has 1 fully saturated rings. The second-order valence-corrected chi connectivity index (χ2v) is 10.1. The first-order chi connectivity index (χ1) is 16.1. The third-order valence-electron chi connectivity index (χ3n) is 5.62. The average molecular weight is 485 g/mol. The molecule has 0 radical (unpaired) electrons. The van der Waals surface area contributed by atoms with Crippen LogP contribution in [0.2, 0.25) is 0 Å². The summed E-state index contributed by atoms with van der Waals surface area (Å²) in [4.78, 5) is 36.3. The Hall–Kier alpha value is -3.50. The first-order valence-corrected chi connectivity index (χ1v) is 12.2. The molecule has 0 saturated carbocycles. The van der Waals surface area contributed by atoms with Crippen molar-refractivity contribution in [1.29, 1.82) is 0 Å². The number of fused-ring (bicyclic) bond motifs is 1. The van der Waals surface area contributed by atoms with E-state index in [1.165, 1.54) is 35.5 Å². The first-order valence-electron chi connectivity index (χ1n) is 10.7. The summed E-state index contributed by atoms with van der Waals surface area (Å²) in [5.41, 5.74) is 1.40. The highest BCUT2D eigenvalue weighted by molar-refractivity contribution is 7.89. The average Bonchev–Trinajstić information content (AvgIpc) is 3.28. The van der Waals surface area contributed by atoms with Gasteiger partial charge in [0.2, 0.25) is 15.9 Å². The lowest BCUT2D eigenvalue weighted by Gasteiger charge is -2.23. The molecule has 2 heterocycles. The second kappa shape index (κ2) is 9.40. The Morgan fingerprint density at radius 3 is 2.59 bits per heavy atom. The number of nitrogens with one attached hydrogen (secondary N) is 1. The zero-order valence-electron chi connectivity index (χ0n) is 18.7. The van der Waals surface area contributed by atoms with E-state index in [0.29, 0.717) is 29.5 Å². The molecule has 2 aromatic carbocycles. The van der Waals surface area contributed by atoms with Gasteiger partial charge in [-0.15, -0.1) is 0 Å². The van der Waals surface area contributed by atoms with Crippen LogP contribution in [0.25, 0.3) is 11.0 Å². The maximum Gasteiger partial charge on any atom is 0.336 e. The summed E-state index contributed by atoms with van der Waals surface area (Å²) in [6.45, 7) is 3.22. The van der Waals surface area contributed by atoms with Crippen molar-refractivity contribution >= 4 is 38.6 Å². The molecule has 3 aromatic rings. The standard InChI is InChI=1S/C24H24N2O7S/c1-15-5-8-19(9-6-15)34(30,31)26-11-3-4-21(26)24(29)32-14-17-12-23(28)33-22-13-18(25-16(2)27)7-10-20(17)22/h5-10,12-13,21H,3-4,11,14H2,1-2H3,(H,25,27). The van der Waals surface area contributed by atoms with Crippen molar-refractivity contribution in [3.8, 4) is 0 Å². The predicted octanol–water partition coefficient (Wildman–Crippen LogP) is 2.96. The highest BCUT2D eigenvalue weighted by Crippen LogP contribution is 2.28. The van der Waals surface area contributed by atoms with E-state index in [1.54, 1.807) is 24.3 Å². The van der Waals surface area contributed by atoms with Crippen LogP contribution < -0.4 is 10.9 Å². The molecule has 0 bridgehead atoms. The monoisotopic (exact) mass is 484 g/mol. The number of sulfonamides is 1. The van der Waals surface area contributed by atoms with Crippen LogP contribution in [0.15, 0.2) is 62.6 Å². The maximum absolute atomic E-state index is 13.1. The van der Waals surface area contributed by atoms with E-state index in [4.69, 9.17) is 9.15 Å². The van der Waals surface area contributed by atoms with Crippen molar-refractivity contribution < 1.29 is 27.2 Å². The fourth-order valence-corrected chi connectivity index (χ4v) is 5.63. The largest absolute Gasteiger partial charge is 0.460 e. The van der Waals surface area contributed by atoms with Gasteiger partial charge in [0.1, 0.15) is 18.2 Å². The van der Waals surface area contributed by atoms with Crippen molar-refractivity contribution in [2.75, 3.05) is 11.9 Å². The van der Waals surface area contributed by atoms with Gasteiger partial charge in [0.05, 0.1) is 4.90 Å². The summed E-state index contributed by atoms with van der Waals surface area (Å²) in [7, 11) is -3.86. The maximum atomic E-state index is 13.1. The quantitative estimate of drug-likeness (QED) is 0.421. The molecular formula is C24H24N2O7S. The number of carbonyl (C=O) groups excluding carboxylic acids is 2. The molecule has 9 nitrogen and oxygen atoms in total. The molecule has 34 heavy (non-hydrogen) atoms. The minimum atomic E-state index is -3.86. The fraction of sp³-hybridized carbons (Fsp3) is 0.292. The van der Waals surface area contributed by atoms with E-state index in [9.17, 15) is 22.8 Å². The highest BCUT2D eigenvalue weighted by atomic mass is 32.2. The van der Waals surface area contributed by atoms with Crippen molar-refractivity contribution in [3.05, 3.63) is 70.1 Å². The van der Waals surface area contributed by atoms with Crippen LogP contribution in [0.5, 0.6) is 0 Å². The normalized spacial score (nSPS) is 16.5. The van der Waals surface area contributed by atoms with Crippen LogP contribution in [-0.4, -0.2) is 37.2 Å². The second-order valence-electron chi connectivity index (χ2n) is 8.18. The zero-order chi connectivity index (χ0) is 24.5. The van der Waals surface area contributed by atoms with Crippen molar-refractivity contribution in [1.82, 2.24) is 4.31 Å². The van der Waals surface area contributed by atoms with Crippen molar-refractivity contribution in [2.24, 2.45) is 0 Å². The number of ether oxygens (including phenoxy) is 1. The van der Waals surface area contributed by atoms with Gasteiger partial charge in [-0.2, -0.15) is 4.31 Å². The van der Waals surface area contributed by atoms with Crippen LogP contribution in [0.1, 0.15) is 30.9 Å². The zero-order valence-corrected chi connectivity index (χ0v) is 19.6. The molecule has 1 saturated heterocycles. The number of carbonyl (C=O) groups is 2. The lowest BCUT2D eigenvalue weighted by Crippen LogP contribution is -2.41. The van der Waals surface area contributed by atoms with Crippen molar-refractivity contribution in [3.63, 3.8) is 0 Å². The van der Waals surface area contributed by atoms with Gasteiger partial charge in [-0.05, 0) is 44.0 Å². The molecule has 1 aliphatic heterocycles. The number of benzene rings is 2. The Balaban J connectivity index is 1.53. The summed E-state index contributed by atoms with van der Waals surface area (Å²) in [5, 5.41) is 3.15. The van der Waals surface area contributed by atoms with E-state index in [0.717, 1.165) is 5.56 Å². The SMILES string of the molecule is CC(=O)Nc1ccc2c(COC(=O)C3CCCN3S(=O)(=O)c3ccc(C)cc3)cc(=O)oc2c1. The minimum absolute atomic E-state index is 0.124. The van der Waals surface area contributed by atoms with Gasteiger partial charge in [0.25, 0.3) is 0 Å². The third-order valence-corrected chi connectivity index (χ3v) is 7.55. The predicted molar refractivity (Wildman–Crippen MR) is 125 cm³/mol. The van der Waals surface area contributed by atoms with E-state index in [1.807, 2.05) is 6.92 Å². The first kappa shape index (κ1) is 23.7. The van der Waals surface area contributed by atoms with Gasteiger partial charge in [-0.25, -0.2) is 13.2 Å². The van der Waals surface area contributed by atoms with Crippen LogP contribution in [0, 0.1) is 6.92 Å². The minimum Gasteiger partial charge on any atom is -0.460 e. The molecule has 1 aliphatic rings. The fourth-order valence-electron chi connectivity index (χ4n) is 3.98. The summed E-state index contributed by atoms with van der Waals surface area (Å²) < 4.78 is 38.0. The van der Waals surface area contributed by atoms with Gasteiger partial charge >= 0.3 is 11.6 Å². The Morgan fingerprint density at radius 1 is 1.15 bits per heavy atom. The van der Waals surface area contributed by atoms with Gasteiger partial charge in [-0.3, -0.25) is 9.59 Å². The molecule has 1 unspecified atom stereocenters. The van der Waals surface area contributed by atoms with E-state index in [2.05, 4.69) is 5.32 Å². The smallest absolute Gasteiger partial charge is 0.336 e. The van der Waals surface area contributed by atoms with Crippen LogP contribution in [0.4, 0.5) is 5.69 Å². The number of amides is 1. The molecule has 10 heteroatoms. The number of rotatable bonds is 6. The molecule has 1 amide bonds. The summed E-state index contributed by atoms with van der Waals surface area (Å²) >= 11 is 0. The molecule has 1 aromatic heterocycles. The Bertz CT molecular complexity index is 1410. The highest BCUT2D eigenvalue weighted by Gasteiger charge is 2.40. The number of anilines is 1. The molecule has 1 atom stereocenters. The van der Waals surface area contributed by atoms with E-state index in [-0.39, 0.29) is 29.5 Å². The van der Waals surface area contributed by atoms with Crippen LogP contribution in [0.3, 0.4) is 0 Å². The molecular weight excluding hydrogens is 460 g/mol. The summed E-state index contributed by atoms with van der Waals surface area (Å²) in [6, 6.07) is 11.5. The lowest BCUT2D eigenvalue weighted by atomic mass is 10.1. The van der Waals surface area contributed by atoms with E-state index < -0.39 is 27.7 Å². The summed E-state index contributed by atoms with van der Waals surface area (Å²) in [5.74, 6) is -0.946. The third kappa shape index (κ3) is 4.87. The molecule has 0 spiro atoms. The molecule has 178 valence electrons. The topological polar surface area (TPSA) is 123 Å². The molecule has 0 aliphatic carbocycles. The number of esters is 1. The molecule has 4 rings (SSSR count). The summed E-state index contributed by atoms with van der Waals surface area (Å²) in [6.07, 6.45) is 0.885. The van der Waals surface area contributed by atoms with E-state index >= 15 is 0 Å². The number of hydrogen-bond acceptors (Lipinski definition) is 7. The molecule has 1 N–H and O–H groups in total. The van der Waals surface area contributed by atoms with Crippen LogP contribution >= 0.6 is 0 Å². The van der Waals surface area contributed by atoms with Crippen LogP contribution in [-0.2, 0) is 31.0 Å². The Kier molecular flexibility index (Phi) is 6.54. The van der Waals surface area contributed by atoms with Crippen molar-refractivity contribution in [2.45, 2.75) is 44.2 Å². The van der Waals surface area contributed by atoms with Gasteiger partial charge < -0.3 is 14.5 Å².